The van der Waals surface area contributed by atoms with Crippen LogP contribution in [0, 0.1) is 17.9 Å². The average molecular weight is 577 g/mol. The highest BCUT2D eigenvalue weighted by molar-refractivity contribution is 6.27. The standard InChI is InChI=1S/C33H28N4O6/c1-6-36-30(38)24(27(26(19-34)32(36)40)20-11-15-22(42-4)16-12-20)9-8-10-25-28(21-13-17-23(43-5)18-14-21)29(35-3)33(41)37(7-2)31(25)39/h8-18,41H,6-7H2,1-2,4-5H3/b10-8+,24-9-. The van der Waals surface area contributed by atoms with Gasteiger partial charge in [-0.3, -0.25) is 23.9 Å². The number of methoxy groups -OCH3 is 2. The number of aromatic nitrogens is 1. The number of hydrogen-bond donors (Lipinski definition) is 1. The lowest BCUT2D eigenvalue weighted by Gasteiger charge is -2.27. The number of allylic oxidation sites excluding steroid dienone is 2. The van der Waals surface area contributed by atoms with E-state index < -0.39 is 23.3 Å². The Hall–Kier alpha value is -5.87. The maximum absolute atomic E-state index is 13.6. The van der Waals surface area contributed by atoms with Gasteiger partial charge in [-0.2, -0.15) is 5.26 Å². The number of nitriles is 1. The molecule has 1 aliphatic rings. The molecule has 3 aromatic rings. The Morgan fingerprint density at radius 2 is 1.51 bits per heavy atom. The highest BCUT2D eigenvalue weighted by atomic mass is 16.5. The third-order valence-electron chi connectivity index (χ3n) is 7.04. The number of imide groups is 1. The quantitative estimate of drug-likeness (QED) is 0.224. The Morgan fingerprint density at radius 1 is 0.930 bits per heavy atom. The third kappa shape index (κ3) is 5.42. The van der Waals surface area contributed by atoms with E-state index in [4.69, 9.17) is 16.0 Å². The Bertz CT molecular complexity index is 1830. The van der Waals surface area contributed by atoms with E-state index in [1.54, 1.807) is 62.4 Å². The number of nitrogens with zero attached hydrogens (tertiary/aromatic N) is 4. The number of hydrogen-bond acceptors (Lipinski definition) is 7. The van der Waals surface area contributed by atoms with Crippen molar-refractivity contribution in [3.05, 3.63) is 105 Å². The summed E-state index contributed by atoms with van der Waals surface area (Å²) in [6.07, 6.45) is 4.35. The molecule has 216 valence electrons. The molecule has 0 unspecified atom stereocenters. The van der Waals surface area contributed by atoms with Crippen LogP contribution in [0.2, 0.25) is 0 Å². The van der Waals surface area contributed by atoms with E-state index in [0.29, 0.717) is 22.6 Å². The molecule has 1 aliphatic heterocycles. The molecule has 10 nitrogen and oxygen atoms in total. The number of carbonyl (C=O) groups excluding carboxylic acids is 2. The predicted molar refractivity (Wildman–Crippen MR) is 161 cm³/mol. The first-order chi connectivity index (χ1) is 20.8. The van der Waals surface area contributed by atoms with Crippen molar-refractivity contribution in [2.75, 3.05) is 20.8 Å². The number of likely N-dealkylation sites (N-methyl/N-ethyl adjacent to an activating group) is 1. The van der Waals surface area contributed by atoms with E-state index in [1.807, 2.05) is 6.07 Å². The van der Waals surface area contributed by atoms with E-state index in [0.717, 1.165) is 9.47 Å². The van der Waals surface area contributed by atoms with Gasteiger partial charge in [-0.15, -0.1) is 0 Å². The van der Waals surface area contributed by atoms with E-state index in [9.17, 15) is 24.8 Å². The summed E-state index contributed by atoms with van der Waals surface area (Å²) in [6.45, 7) is 11.2. The van der Waals surface area contributed by atoms with Gasteiger partial charge in [0.15, 0.2) is 5.88 Å². The van der Waals surface area contributed by atoms with Gasteiger partial charge in [0.05, 0.1) is 20.8 Å². The van der Waals surface area contributed by atoms with Gasteiger partial charge in [-0.25, -0.2) is 4.85 Å². The van der Waals surface area contributed by atoms with Gasteiger partial charge in [-0.05, 0) is 55.3 Å². The first-order valence-electron chi connectivity index (χ1n) is 13.3. The molecule has 4 rings (SSSR count). The number of ether oxygens (including phenoxy) is 2. The van der Waals surface area contributed by atoms with Gasteiger partial charge in [0.2, 0.25) is 0 Å². The first-order valence-corrected chi connectivity index (χ1v) is 13.3. The minimum atomic E-state index is -0.699. The lowest BCUT2D eigenvalue weighted by atomic mass is 9.88. The topological polar surface area (TPSA) is 126 Å². The third-order valence-corrected chi connectivity index (χ3v) is 7.04. The van der Waals surface area contributed by atoms with Crippen LogP contribution in [0.25, 0.3) is 27.6 Å². The van der Waals surface area contributed by atoms with Crippen LogP contribution < -0.4 is 15.0 Å². The Balaban J connectivity index is 1.97. The molecule has 1 N–H and O–H groups in total. The summed E-state index contributed by atoms with van der Waals surface area (Å²) in [4.78, 5) is 44.7. The number of carbonyl (C=O) groups is 2. The molecular weight excluding hydrogens is 548 g/mol. The zero-order valence-corrected chi connectivity index (χ0v) is 24.0. The van der Waals surface area contributed by atoms with Gasteiger partial charge in [0.1, 0.15) is 23.1 Å². The van der Waals surface area contributed by atoms with Crippen LogP contribution in [0.4, 0.5) is 5.69 Å². The number of pyridine rings is 1. The van der Waals surface area contributed by atoms with Crippen molar-refractivity contribution >= 4 is 29.2 Å². The highest BCUT2D eigenvalue weighted by Gasteiger charge is 2.36. The van der Waals surface area contributed by atoms with Crippen molar-refractivity contribution in [2.24, 2.45) is 0 Å². The molecule has 43 heavy (non-hydrogen) atoms. The largest absolute Gasteiger partial charge is 0.503 e. The first kappa shape index (κ1) is 30.1. The van der Waals surface area contributed by atoms with Crippen LogP contribution in [-0.4, -0.2) is 47.2 Å². The second-order valence-corrected chi connectivity index (χ2v) is 9.23. The fourth-order valence-corrected chi connectivity index (χ4v) is 4.88. The summed E-state index contributed by atoms with van der Waals surface area (Å²) in [5.41, 5.74) is 0.655. The van der Waals surface area contributed by atoms with Crippen LogP contribution in [-0.2, 0) is 16.1 Å². The molecule has 2 amide bonds. The predicted octanol–water partition coefficient (Wildman–Crippen LogP) is 5.11. The summed E-state index contributed by atoms with van der Waals surface area (Å²) in [5, 5.41) is 20.7. The summed E-state index contributed by atoms with van der Waals surface area (Å²) in [6, 6.07) is 15.3. The van der Waals surface area contributed by atoms with Gasteiger partial charge >= 0.3 is 0 Å². The normalized spacial score (nSPS) is 14.3. The van der Waals surface area contributed by atoms with Crippen molar-refractivity contribution in [2.45, 2.75) is 20.4 Å². The molecule has 0 bridgehead atoms. The minimum Gasteiger partial charge on any atom is -0.503 e. The monoisotopic (exact) mass is 576 g/mol. The van der Waals surface area contributed by atoms with Crippen molar-refractivity contribution in [3.63, 3.8) is 0 Å². The number of benzene rings is 2. The van der Waals surface area contributed by atoms with Crippen LogP contribution in [0.15, 0.2) is 76.6 Å². The Morgan fingerprint density at radius 3 is 2.00 bits per heavy atom. The van der Waals surface area contributed by atoms with E-state index >= 15 is 0 Å². The lowest BCUT2D eigenvalue weighted by Crippen LogP contribution is -2.42. The molecule has 2 aromatic carbocycles. The minimum absolute atomic E-state index is 0.0505. The maximum Gasteiger partial charge on any atom is 0.272 e. The Kier molecular flexibility index (Phi) is 8.93. The van der Waals surface area contributed by atoms with Gasteiger partial charge in [0.25, 0.3) is 23.1 Å². The van der Waals surface area contributed by atoms with E-state index in [2.05, 4.69) is 4.85 Å². The van der Waals surface area contributed by atoms with E-state index in [-0.39, 0.29) is 46.6 Å². The highest BCUT2D eigenvalue weighted by Crippen LogP contribution is 2.40. The van der Waals surface area contributed by atoms with Crippen molar-refractivity contribution in [1.29, 1.82) is 5.26 Å². The summed E-state index contributed by atoms with van der Waals surface area (Å²) in [5.74, 6) is -0.631. The molecule has 0 saturated heterocycles. The van der Waals surface area contributed by atoms with Gasteiger partial charge in [0, 0.05) is 35.4 Å². The molecule has 2 heterocycles. The summed E-state index contributed by atoms with van der Waals surface area (Å²) < 4.78 is 11.5. The second-order valence-electron chi connectivity index (χ2n) is 9.23. The zero-order chi connectivity index (χ0) is 31.3. The molecule has 0 atom stereocenters. The smallest absolute Gasteiger partial charge is 0.272 e. The second kappa shape index (κ2) is 12.8. The molecule has 1 aromatic heterocycles. The zero-order valence-electron chi connectivity index (χ0n) is 24.0. The maximum atomic E-state index is 13.6. The SMILES string of the molecule is [C-]#[N+]c1c(-c2ccc(OC)cc2)c(/C=C/C=C2\C(=O)N(CC)C(=O)C(C#N)=C2c2ccc(OC)cc2)c(=O)n(CC)c1O. The fourth-order valence-electron chi connectivity index (χ4n) is 4.88. The summed E-state index contributed by atoms with van der Waals surface area (Å²) in [7, 11) is 3.02. The lowest BCUT2D eigenvalue weighted by molar-refractivity contribution is -0.139. The van der Waals surface area contributed by atoms with Crippen molar-refractivity contribution in [1.82, 2.24) is 9.47 Å². The van der Waals surface area contributed by atoms with Gasteiger partial charge < -0.3 is 14.6 Å². The molecule has 10 heteroatoms. The molecule has 0 fully saturated rings. The van der Waals surface area contributed by atoms with Crippen LogP contribution in [0.1, 0.15) is 25.0 Å². The average Bonchev–Trinajstić information content (AvgIpc) is 3.03. The van der Waals surface area contributed by atoms with Crippen molar-refractivity contribution in [3.8, 4) is 34.6 Å². The van der Waals surface area contributed by atoms with Crippen molar-refractivity contribution < 1.29 is 24.2 Å². The summed E-state index contributed by atoms with van der Waals surface area (Å²) >= 11 is 0. The molecule has 0 aliphatic carbocycles. The molecule has 0 spiro atoms. The van der Waals surface area contributed by atoms with Crippen LogP contribution in [0.3, 0.4) is 0 Å². The van der Waals surface area contributed by atoms with Gasteiger partial charge in [-0.1, -0.05) is 36.4 Å². The van der Waals surface area contributed by atoms with Crippen LogP contribution >= 0.6 is 0 Å². The number of amides is 2. The fraction of sp³-hybridized carbons (Fsp3) is 0.182. The molecule has 0 saturated carbocycles. The number of rotatable bonds is 8. The van der Waals surface area contributed by atoms with E-state index in [1.165, 1.54) is 32.4 Å². The number of aromatic hydroxyl groups is 1. The van der Waals surface area contributed by atoms with Crippen LogP contribution in [0.5, 0.6) is 17.4 Å². The Labute approximate surface area is 248 Å². The molecule has 0 radical (unpaired) electrons. The molecular formula is C33H28N4O6.